The fourth-order valence-corrected chi connectivity index (χ4v) is 7.39. The van der Waals surface area contributed by atoms with Crippen LogP contribution < -0.4 is 0 Å². The molecule has 32 heavy (non-hydrogen) atoms. The molecule has 2 atom stereocenters. The minimum absolute atomic E-state index is 0.743. The fraction of sp³-hybridized carbons (Fsp3) is 0.367. The van der Waals surface area contributed by atoms with Gasteiger partial charge in [-0.25, -0.2) is 4.98 Å². The van der Waals surface area contributed by atoms with Crippen LogP contribution in [0.2, 0.25) is 0 Å². The molecule has 160 valence electrons. The second kappa shape index (κ2) is 6.81. The van der Waals surface area contributed by atoms with Crippen LogP contribution in [-0.2, 0) is 0 Å². The molecule has 2 nitrogen and oxygen atoms in total. The molecular weight excluding hydrogens is 388 g/mol. The third-order valence-electron chi connectivity index (χ3n) is 8.57. The molecule has 2 saturated carbocycles. The van der Waals surface area contributed by atoms with Crippen LogP contribution in [0.5, 0.6) is 0 Å². The van der Waals surface area contributed by atoms with Crippen LogP contribution >= 0.6 is 0 Å². The Morgan fingerprint density at radius 3 is 2.00 bits per heavy atom. The Labute approximate surface area is 190 Å². The van der Waals surface area contributed by atoms with Crippen molar-refractivity contribution in [3.8, 4) is 17.1 Å². The van der Waals surface area contributed by atoms with Gasteiger partial charge in [0.05, 0.1) is 16.7 Å². The zero-order chi connectivity index (χ0) is 21.4. The molecule has 8 rings (SSSR count). The lowest BCUT2D eigenvalue weighted by Gasteiger charge is -2.38. The molecule has 4 aromatic rings. The standard InChI is InChI=1S/C30H30N2/c1-18-7-6-8-19(2)29(18)32-28-17-26-24-14-20-11-21(15-24)13-23(12-20)25(26)16-27(28)31-30(32)22-9-4-3-5-10-22/h3-10,16-17,20-21,23-24H,11-15H2,1-2H3. The van der Waals surface area contributed by atoms with Crippen molar-refractivity contribution in [2.75, 3.05) is 0 Å². The zero-order valence-corrected chi connectivity index (χ0v) is 19.0. The molecule has 1 aromatic heterocycles. The summed E-state index contributed by atoms with van der Waals surface area (Å²) in [7, 11) is 0. The molecule has 2 heteroatoms. The minimum Gasteiger partial charge on any atom is -0.292 e. The van der Waals surface area contributed by atoms with Gasteiger partial charge in [-0.05, 0) is 104 Å². The number of hydrogen-bond acceptors (Lipinski definition) is 1. The first kappa shape index (κ1) is 18.7. The highest BCUT2D eigenvalue weighted by Gasteiger charge is 2.42. The van der Waals surface area contributed by atoms with Crippen molar-refractivity contribution in [2.45, 2.75) is 57.8 Å². The highest BCUT2D eigenvalue weighted by atomic mass is 15.1. The summed E-state index contributed by atoms with van der Waals surface area (Å²) in [5.74, 6) is 4.44. The highest BCUT2D eigenvalue weighted by Crippen LogP contribution is 2.56. The van der Waals surface area contributed by atoms with Crippen molar-refractivity contribution in [3.63, 3.8) is 0 Å². The maximum atomic E-state index is 5.29. The first-order valence-electron chi connectivity index (χ1n) is 12.3. The van der Waals surface area contributed by atoms with Gasteiger partial charge in [-0.1, -0.05) is 48.5 Å². The van der Waals surface area contributed by atoms with Gasteiger partial charge in [0.15, 0.2) is 0 Å². The summed E-state index contributed by atoms with van der Waals surface area (Å²) in [5.41, 5.74) is 10.8. The number of imidazole rings is 1. The van der Waals surface area contributed by atoms with Crippen molar-refractivity contribution in [1.82, 2.24) is 9.55 Å². The summed E-state index contributed by atoms with van der Waals surface area (Å²) < 4.78 is 2.45. The van der Waals surface area contributed by atoms with Gasteiger partial charge in [0.1, 0.15) is 5.82 Å². The Kier molecular flexibility index (Phi) is 3.98. The molecule has 0 amide bonds. The van der Waals surface area contributed by atoms with Crippen LogP contribution in [0.4, 0.5) is 0 Å². The van der Waals surface area contributed by atoms with Crippen LogP contribution in [0.15, 0.2) is 60.7 Å². The van der Waals surface area contributed by atoms with Gasteiger partial charge in [0.25, 0.3) is 0 Å². The van der Waals surface area contributed by atoms with Gasteiger partial charge in [-0.15, -0.1) is 0 Å². The second-order valence-electron chi connectivity index (χ2n) is 10.7. The Balaban J connectivity index is 1.54. The number of fused-ring (bicyclic) bond motifs is 1. The highest BCUT2D eigenvalue weighted by molar-refractivity contribution is 5.86. The van der Waals surface area contributed by atoms with E-state index >= 15 is 0 Å². The lowest BCUT2D eigenvalue weighted by molar-refractivity contribution is 0.166. The molecule has 3 aromatic carbocycles. The lowest BCUT2D eigenvalue weighted by Crippen LogP contribution is -2.25. The lowest BCUT2D eigenvalue weighted by atomic mass is 9.67. The van der Waals surface area contributed by atoms with Gasteiger partial charge >= 0.3 is 0 Å². The quantitative estimate of drug-likeness (QED) is 0.326. The van der Waals surface area contributed by atoms with Crippen LogP contribution in [0.3, 0.4) is 0 Å². The van der Waals surface area contributed by atoms with E-state index in [0.29, 0.717) is 0 Å². The van der Waals surface area contributed by atoms with E-state index in [-0.39, 0.29) is 0 Å². The summed E-state index contributed by atoms with van der Waals surface area (Å²) in [5, 5.41) is 0. The molecule has 2 fully saturated rings. The van der Waals surface area contributed by atoms with Crippen molar-refractivity contribution < 1.29 is 0 Å². The normalized spacial score (nSPS) is 25.8. The van der Waals surface area contributed by atoms with Crippen LogP contribution in [0.1, 0.15) is 66.2 Å². The van der Waals surface area contributed by atoms with E-state index in [0.717, 1.165) is 35.0 Å². The number of para-hydroxylation sites is 1. The topological polar surface area (TPSA) is 17.8 Å². The molecule has 2 unspecified atom stereocenters. The first-order chi connectivity index (χ1) is 15.7. The predicted octanol–water partition coefficient (Wildman–Crippen LogP) is 7.70. The number of aromatic nitrogens is 2. The van der Waals surface area contributed by atoms with Crippen molar-refractivity contribution >= 4 is 11.0 Å². The maximum Gasteiger partial charge on any atom is 0.145 e. The van der Waals surface area contributed by atoms with E-state index in [2.05, 4.69) is 79.1 Å². The Hall–Kier alpha value is -2.87. The molecule has 4 bridgehead atoms. The van der Waals surface area contributed by atoms with Crippen LogP contribution in [0, 0.1) is 25.7 Å². The van der Waals surface area contributed by atoms with E-state index in [1.807, 2.05) is 0 Å². The monoisotopic (exact) mass is 418 g/mol. The van der Waals surface area contributed by atoms with Crippen LogP contribution in [-0.4, -0.2) is 9.55 Å². The second-order valence-corrected chi connectivity index (χ2v) is 10.7. The molecule has 4 aliphatic carbocycles. The number of hydrogen-bond donors (Lipinski definition) is 0. The van der Waals surface area contributed by atoms with Gasteiger partial charge in [-0.3, -0.25) is 4.57 Å². The molecule has 0 N–H and O–H groups in total. The SMILES string of the molecule is Cc1cccc(C)c1-n1c(-c2ccccc2)nc2cc3c(cc21)C1CC2CC(CC3C2)C1. The van der Waals surface area contributed by atoms with E-state index in [1.165, 1.54) is 60.0 Å². The summed E-state index contributed by atoms with van der Waals surface area (Å²) in [4.78, 5) is 5.29. The smallest absolute Gasteiger partial charge is 0.145 e. The zero-order valence-electron chi connectivity index (χ0n) is 19.0. The van der Waals surface area contributed by atoms with Crippen LogP contribution in [0.25, 0.3) is 28.1 Å². The van der Waals surface area contributed by atoms with E-state index in [4.69, 9.17) is 4.98 Å². The summed E-state index contributed by atoms with van der Waals surface area (Å²) >= 11 is 0. The Morgan fingerprint density at radius 2 is 1.34 bits per heavy atom. The van der Waals surface area contributed by atoms with Gasteiger partial charge < -0.3 is 0 Å². The Bertz CT molecular complexity index is 1310. The minimum atomic E-state index is 0.743. The molecule has 0 spiro atoms. The van der Waals surface area contributed by atoms with Gasteiger partial charge in [0, 0.05) is 5.56 Å². The molecule has 0 aliphatic heterocycles. The van der Waals surface area contributed by atoms with E-state index in [1.54, 1.807) is 11.1 Å². The molecule has 0 saturated heterocycles. The molecule has 1 heterocycles. The molecular formula is C30H30N2. The number of rotatable bonds is 2. The summed E-state index contributed by atoms with van der Waals surface area (Å²) in [6.07, 6.45) is 7.07. The average Bonchev–Trinajstić information content (AvgIpc) is 3.07. The maximum absolute atomic E-state index is 5.29. The third-order valence-corrected chi connectivity index (χ3v) is 8.57. The summed E-state index contributed by atoms with van der Waals surface area (Å²) in [6, 6.07) is 22.4. The number of nitrogens with zero attached hydrogens (tertiary/aromatic N) is 2. The molecule has 0 radical (unpaired) electrons. The third kappa shape index (κ3) is 2.68. The van der Waals surface area contributed by atoms with E-state index < -0.39 is 0 Å². The number of benzene rings is 3. The van der Waals surface area contributed by atoms with Crippen molar-refractivity contribution in [2.24, 2.45) is 11.8 Å². The number of aryl methyl sites for hydroxylation is 2. The first-order valence-corrected chi connectivity index (χ1v) is 12.3. The van der Waals surface area contributed by atoms with Gasteiger partial charge in [-0.2, -0.15) is 0 Å². The van der Waals surface area contributed by atoms with Crippen molar-refractivity contribution in [3.05, 3.63) is 82.9 Å². The molecule has 4 aliphatic rings. The van der Waals surface area contributed by atoms with E-state index in [9.17, 15) is 0 Å². The largest absolute Gasteiger partial charge is 0.292 e. The Morgan fingerprint density at radius 1 is 0.719 bits per heavy atom. The van der Waals surface area contributed by atoms with Gasteiger partial charge in [0.2, 0.25) is 0 Å². The predicted molar refractivity (Wildman–Crippen MR) is 132 cm³/mol. The summed E-state index contributed by atoms with van der Waals surface area (Å²) in [6.45, 7) is 4.46. The van der Waals surface area contributed by atoms with Crippen molar-refractivity contribution in [1.29, 1.82) is 0 Å². The fourth-order valence-electron chi connectivity index (χ4n) is 7.39. The average molecular weight is 419 g/mol.